The van der Waals surface area contributed by atoms with Gasteiger partial charge in [-0.25, -0.2) is 12.7 Å². The van der Waals surface area contributed by atoms with Crippen LogP contribution in [0.25, 0.3) is 0 Å². The minimum atomic E-state index is -3.16. The molecule has 0 heterocycles. The fraction of sp³-hybridized carbons (Fsp3) is 1.00. The SMILES string of the molecule is CC(CCl)N(C)S(=O)(=O)CCC(C)(C)C. The van der Waals surface area contributed by atoms with E-state index < -0.39 is 10.0 Å². The average Bonchev–Trinajstić information content (AvgIpc) is 2.11. The molecule has 3 nitrogen and oxygen atoms in total. The minimum absolute atomic E-state index is 0.0398. The number of nitrogens with zero attached hydrogens (tertiary/aromatic N) is 1. The average molecular weight is 256 g/mol. The van der Waals surface area contributed by atoms with Crippen molar-refractivity contribution < 1.29 is 8.42 Å². The van der Waals surface area contributed by atoms with Crippen LogP contribution in [0.15, 0.2) is 0 Å². The summed E-state index contributed by atoms with van der Waals surface area (Å²) in [5.74, 6) is 0.513. The molecule has 15 heavy (non-hydrogen) atoms. The van der Waals surface area contributed by atoms with E-state index in [1.807, 2.05) is 27.7 Å². The number of rotatable bonds is 5. The molecule has 0 bridgehead atoms. The number of sulfonamides is 1. The van der Waals surface area contributed by atoms with Gasteiger partial charge >= 0.3 is 0 Å². The topological polar surface area (TPSA) is 37.4 Å². The third-order valence-corrected chi connectivity index (χ3v) is 4.80. The van der Waals surface area contributed by atoms with Gasteiger partial charge in [0.15, 0.2) is 0 Å². The monoisotopic (exact) mass is 255 g/mol. The smallest absolute Gasteiger partial charge is 0.212 e. The van der Waals surface area contributed by atoms with E-state index in [1.54, 1.807) is 7.05 Å². The lowest BCUT2D eigenvalue weighted by Gasteiger charge is -2.25. The van der Waals surface area contributed by atoms with Crippen LogP contribution < -0.4 is 0 Å². The van der Waals surface area contributed by atoms with Crippen molar-refractivity contribution in [2.24, 2.45) is 5.41 Å². The van der Waals surface area contributed by atoms with E-state index in [1.165, 1.54) is 4.31 Å². The van der Waals surface area contributed by atoms with Gasteiger partial charge in [-0.05, 0) is 18.8 Å². The first-order valence-electron chi connectivity index (χ1n) is 5.12. The molecular formula is C10H22ClNO2S. The molecule has 0 saturated heterocycles. The molecule has 0 spiro atoms. The quantitative estimate of drug-likeness (QED) is 0.707. The Kier molecular flexibility index (Phi) is 5.58. The molecule has 0 saturated carbocycles. The van der Waals surface area contributed by atoms with Crippen molar-refractivity contribution in [2.45, 2.75) is 40.2 Å². The predicted molar refractivity (Wildman–Crippen MR) is 65.8 cm³/mol. The molecule has 0 rings (SSSR count). The van der Waals surface area contributed by atoms with Crippen molar-refractivity contribution >= 4 is 21.6 Å². The van der Waals surface area contributed by atoms with Crippen LogP contribution in [0.5, 0.6) is 0 Å². The van der Waals surface area contributed by atoms with Gasteiger partial charge in [-0.2, -0.15) is 0 Å². The van der Waals surface area contributed by atoms with Crippen LogP contribution in [0.2, 0.25) is 0 Å². The van der Waals surface area contributed by atoms with Crippen molar-refractivity contribution in [2.75, 3.05) is 18.7 Å². The van der Waals surface area contributed by atoms with E-state index in [9.17, 15) is 8.42 Å². The lowest BCUT2D eigenvalue weighted by Crippen LogP contribution is -2.38. The van der Waals surface area contributed by atoms with Gasteiger partial charge in [0.05, 0.1) is 5.75 Å². The highest BCUT2D eigenvalue weighted by Gasteiger charge is 2.24. The second-order valence-corrected chi connectivity index (χ2v) is 7.60. The van der Waals surface area contributed by atoms with Crippen LogP contribution in [0.3, 0.4) is 0 Å². The van der Waals surface area contributed by atoms with Crippen LogP contribution in [-0.4, -0.2) is 37.4 Å². The van der Waals surface area contributed by atoms with Crippen LogP contribution in [0, 0.1) is 5.41 Å². The summed E-state index contributed by atoms with van der Waals surface area (Å²) in [5, 5.41) is 0. The van der Waals surface area contributed by atoms with E-state index in [2.05, 4.69) is 0 Å². The largest absolute Gasteiger partial charge is 0.214 e. The molecule has 0 aliphatic heterocycles. The molecule has 0 amide bonds. The molecule has 0 aromatic rings. The zero-order valence-electron chi connectivity index (χ0n) is 10.2. The fourth-order valence-corrected chi connectivity index (χ4v) is 3.02. The lowest BCUT2D eigenvalue weighted by molar-refractivity contribution is 0.378. The van der Waals surface area contributed by atoms with Gasteiger partial charge in [-0.3, -0.25) is 0 Å². The molecular weight excluding hydrogens is 234 g/mol. The number of hydrogen-bond acceptors (Lipinski definition) is 2. The zero-order valence-corrected chi connectivity index (χ0v) is 11.8. The molecule has 0 fully saturated rings. The van der Waals surface area contributed by atoms with Gasteiger partial charge in [0.25, 0.3) is 0 Å². The fourth-order valence-electron chi connectivity index (χ4n) is 0.950. The molecule has 1 unspecified atom stereocenters. The van der Waals surface area contributed by atoms with Crippen LogP contribution in [-0.2, 0) is 10.0 Å². The summed E-state index contributed by atoms with van der Waals surface area (Å²) in [6.45, 7) is 7.91. The highest BCUT2D eigenvalue weighted by molar-refractivity contribution is 7.89. The Bertz CT molecular complexity index is 282. The summed E-state index contributed by atoms with van der Waals surface area (Å²) in [6, 6.07) is -0.142. The van der Waals surface area contributed by atoms with Crippen molar-refractivity contribution in [1.29, 1.82) is 0 Å². The Hall–Kier alpha value is 0.200. The molecule has 5 heteroatoms. The molecule has 0 aliphatic rings. The van der Waals surface area contributed by atoms with Crippen molar-refractivity contribution in [3.05, 3.63) is 0 Å². The molecule has 0 N–H and O–H groups in total. The Labute approximate surface area is 98.8 Å². The standard InChI is InChI=1S/C10H22ClNO2S/c1-9(8-11)12(5)15(13,14)7-6-10(2,3)4/h9H,6-8H2,1-5H3. The van der Waals surface area contributed by atoms with Gasteiger partial charge < -0.3 is 0 Å². The highest BCUT2D eigenvalue weighted by Crippen LogP contribution is 2.20. The van der Waals surface area contributed by atoms with E-state index in [4.69, 9.17) is 11.6 Å². The summed E-state index contributed by atoms with van der Waals surface area (Å²) < 4.78 is 25.1. The van der Waals surface area contributed by atoms with Gasteiger partial charge in [0.2, 0.25) is 10.0 Å². The van der Waals surface area contributed by atoms with Crippen molar-refractivity contribution in [3.8, 4) is 0 Å². The normalized spacial score (nSPS) is 15.7. The zero-order chi connectivity index (χ0) is 12.3. The molecule has 0 radical (unpaired) electrons. The van der Waals surface area contributed by atoms with E-state index >= 15 is 0 Å². The van der Waals surface area contributed by atoms with Gasteiger partial charge in [-0.15, -0.1) is 11.6 Å². The second-order valence-electron chi connectivity index (χ2n) is 5.15. The summed E-state index contributed by atoms with van der Waals surface area (Å²) in [7, 11) is -1.57. The number of halogens is 1. The third-order valence-electron chi connectivity index (χ3n) is 2.39. The molecule has 0 aliphatic carbocycles. The van der Waals surface area contributed by atoms with Crippen LogP contribution in [0.4, 0.5) is 0 Å². The number of hydrogen-bond donors (Lipinski definition) is 0. The summed E-state index contributed by atoms with van der Waals surface area (Å²) in [4.78, 5) is 0. The Balaban J connectivity index is 4.44. The van der Waals surface area contributed by atoms with Crippen LogP contribution >= 0.6 is 11.6 Å². The third kappa shape index (κ3) is 5.73. The molecule has 92 valence electrons. The van der Waals surface area contributed by atoms with Crippen molar-refractivity contribution in [3.63, 3.8) is 0 Å². The maximum Gasteiger partial charge on any atom is 0.214 e. The molecule has 0 aromatic heterocycles. The first-order valence-corrected chi connectivity index (χ1v) is 7.26. The Morgan fingerprint density at radius 2 is 1.80 bits per heavy atom. The summed E-state index contributed by atoms with van der Waals surface area (Å²) in [5.41, 5.74) is 0.0398. The summed E-state index contributed by atoms with van der Waals surface area (Å²) >= 11 is 5.64. The molecule has 1 atom stereocenters. The Morgan fingerprint density at radius 1 is 1.33 bits per heavy atom. The maximum absolute atomic E-state index is 11.8. The van der Waals surface area contributed by atoms with E-state index in [-0.39, 0.29) is 17.2 Å². The van der Waals surface area contributed by atoms with Gasteiger partial charge in [0.1, 0.15) is 0 Å². The second kappa shape index (κ2) is 5.51. The number of alkyl halides is 1. The summed E-state index contributed by atoms with van der Waals surface area (Å²) in [6.07, 6.45) is 0.661. The lowest BCUT2D eigenvalue weighted by atomic mass is 9.94. The molecule has 0 aromatic carbocycles. The van der Waals surface area contributed by atoms with Crippen molar-refractivity contribution in [1.82, 2.24) is 4.31 Å². The maximum atomic E-state index is 11.8. The van der Waals surface area contributed by atoms with Gasteiger partial charge in [0, 0.05) is 19.0 Å². The first-order chi connectivity index (χ1) is 6.60. The van der Waals surface area contributed by atoms with Gasteiger partial charge in [-0.1, -0.05) is 20.8 Å². The first kappa shape index (κ1) is 15.2. The highest BCUT2D eigenvalue weighted by atomic mass is 35.5. The van der Waals surface area contributed by atoms with E-state index in [0.29, 0.717) is 12.3 Å². The van der Waals surface area contributed by atoms with E-state index in [0.717, 1.165) is 0 Å². The van der Waals surface area contributed by atoms with Crippen LogP contribution in [0.1, 0.15) is 34.1 Å². The predicted octanol–water partition coefficient (Wildman–Crippen LogP) is 2.31. The Morgan fingerprint density at radius 3 is 2.13 bits per heavy atom. The minimum Gasteiger partial charge on any atom is -0.212 e.